The molecule has 3 N–H and O–H groups in total. The average Bonchev–Trinajstić information content (AvgIpc) is 1.98. The van der Waals surface area contributed by atoms with Gasteiger partial charge in [-0.3, -0.25) is 0 Å². The Balaban J connectivity index is 3.12. The summed E-state index contributed by atoms with van der Waals surface area (Å²) in [6, 6.07) is 1.35. The second kappa shape index (κ2) is 3.30. The van der Waals surface area contributed by atoms with Crippen molar-refractivity contribution >= 4 is 5.97 Å². The summed E-state index contributed by atoms with van der Waals surface area (Å²) in [6.45, 7) is 1.20. The van der Waals surface area contributed by atoms with Gasteiger partial charge in [0.2, 0.25) is 12.7 Å². The molecule has 0 unspecified atom stereocenters. The van der Waals surface area contributed by atoms with Crippen LogP contribution >= 0.6 is 0 Å². The zero-order chi connectivity index (χ0) is 10.0. The van der Waals surface area contributed by atoms with Gasteiger partial charge in [-0.1, -0.05) is 0 Å². The normalized spacial score (nSPS) is 9.92. The van der Waals surface area contributed by atoms with E-state index in [-0.39, 0.29) is 18.2 Å². The first-order valence-corrected chi connectivity index (χ1v) is 3.64. The van der Waals surface area contributed by atoms with Crippen LogP contribution in [-0.2, 0) is 11.3 Å². The van der Waals surface area contributed by atoms with Crippen LogP contribution in [0.5, 0.6) is 11.6 Å². The van der Waals surface area contributed by atoms with Crippen LogP contribution in [-0.4, -0.2) is 21.3 Å². The molecule has 0 saturated heterocycles. The Bertz CT molecular complexity index is 348. The second-order valence-corrected chi connectivity index (χ2v) is 2.73. The third kappa shape index (κ3) is 2.08. The molecule has 0 amide bonds. The second-order valence-electron chi connectivity index (χ2n) is 2.73. The van der Waals surface area contributed by atoms with E-state index < -0.39 is 5.97 Å². The molecule has 0 aliphatic heterocycles. The maximum atomic E-state index is 10.3. The highest BCUT2D eigenvalue weighted by atomic mass is 16.4. The Hall–Kier alpha value is -1.78. The molecule has 0 aromatic carbocycles. The molecule has 5 heteroatoms. The van der Waals surface area contributed by atoms with E-state index in [1.807, 2.05) is 0 Å². The van der Waals surface area contributed by atoms with Crippen LogP contribution in [0.1, 0.15) is 5.56 Å². The van der Waals surface area contributed by atoms with Gasteiger partial charge in [-0.25, -0.2) is 4.79 Å². The molecule has 0 atom stereocenters. The van der Waals surface area contributed by atoms with Crippen LogP contribution in [0.15, 0.2) is 12.3 Å². The van der Waals surface area contributed by atoms with Crippen molar-refractivity contribution < 1.29 is 24.7 Å². The fourth-order valence-corrected chi connectivity index (χ4v) is 1.04. The van der Waals surface area contributed by atoms with Gasteiger partial charge < -0.3 is 15.3 Å². The van der Waals surface area contributed by atoms with Crippen molar-refractivity contribution in [3.63, 3.8) is 0 Å². The quantitative estimate of drug-likeness (QED) is 0.555. The molecule has 0 spiro atoms. The number of hydrogen-bond acceptors (Lipinski definition) is 3. The monoisotopic (exact) mass is 184 g/mol. The van der Waals surface area contributed by atoms with Gasteiger partial charge >= 0.3 is 11.8 Å². The lowest BCUT2D eigenvalue weighted by atomic mass is 10.3. The molecule has 1 aromatic rings. The van der Waals surface area contributed by atoms with Crippen LogP contribution in [0.2, 0.25) is 0 Å². The predicted molar refractivity (Wildman–Crippen MR) is 42.3 cm³/mol. The summed E-state index contributed by atoms with van der Waals surface area (Å²) >= 11 is 0. The smallest absolute Gasteiger partial charge is 0.370 e. The molecule has 0 fully saturated rings. The number of rotatable bonds is 2. The first kappa shape index (κ1) is 9.31. The topological polar surface area (TPSA) is 81.6 Å². The van der Waals surface area contributed by atoms with Crippen molar-refractivity contribution in [3.05, 3.63) is 17.8 Å². The highest BCUT2D eigenvalue weighted by Gasteiger charge is 2.17. The van der Waals surface area contributed by atoms with E-state index in [9.17, 15) is 9.90 Å². The predicted octanol–water partition coefficient (Wildman–Crippen LogP) is -0.222. The van der Waals surface area contributed by atoms with Crippen molar-refractivity contribution in [1.29, 1.82) is 0 Å². The van der Waals surface area contributed by atoms with Gasteiger partial charge in [0.15, 0.2) is 5.75 Å². The minimum Gasteiger partial charge on any atom is -0.503 e. The average molecular weight is 184 g/mol. The Labute approximate surface area is 74.5 Å². The van der Waals surface area contributed by atoms with E-state index in [0.29, 0.717) is 5.56 Å². The largest absolute Gasteiger partial charge is 0.503 e. The Morgan fingerprint density at radius 3 is 2.69 bits per heavy atom. The van der Waals surface area contributed by atoms with Gasteiger partial charge in [0.1, 0.15) is 0 Å². The van der Waals surface area contributed by atoms with E-state index in [0.717, 1.165) is 10.8 Å². The maximum absolute atomic E-state index is 10.3. The number of hydrogen-bond donors (Lipinski definition) is 3. The summed E-state index contributed by atoms with van der Waals surface area (Å²) in [5.74, 6) is -1.30. The van der Waals surface area contributed by atoms with Crippen molar-refractivity contribution in [2.24, 2.45) is 0 Å². The number of aliphatic carboxylic acids is 1. The Morgan fingerprint density at radius 1 is 1.54 bits per heavy atom. The fraction of sp³-hybridized carbons (Fsp3) is 0.250. The number of carboxylic acid groups (broad SMARTS) is 1. The highest BCUT2D eigenvalue weighted by molar-refractivity contribution is 5.64. The molecule has 0 bridgehead atoms. The molecule has 1 heterocycles. The molecule has 13 heavy (non-hydrogen) atoms. The summed E-state index contributed by atoms with van der Waals surface area (Å²) in [6.07, 6.45) is 1.16. The molecule has 1 rings (SSSR count). The SMILES string of the molecule is Cc1cc(O)c[n+](CC(=O)O)c1O. The number of nitrogens with zero attached hydrogens (tertiary/aromatic N) is 1. The van der Waals surface area contributed by atoms with Crippen LogP contribution in [0.3, 0.4) is 0 Å². The number of carboxylic acids is 1. The van der Waals surface area contributed by atoms with Crippen LogP contribution in [0, 0.1) is 6.92 Å². The van der Waals surface area contributed by atoms with Crippen LogP contribution < -0.4 is 4.57 Å². The number of pyridine rings is 1. The first-order chi connectivity index (χ1) is 6.00. The maximum Gasteiger partial charge on any atom is 0.370 e. The van der Waals surface area contributed by atoms with Gasteiger partial charge in [0.05, 0.1) is 5.56 Å². The third-order valence-electron chi connectivity index (χ3n) is 1.58. The number of aromatic hydroxyl groups is 2. The summed E-state index contributed by atoms with van der Waals surface area (Å²) < 4.78 is 1.06. The van der Waals surface area contributed by atoms with E-state index in [4.69, 9.17) is 10.2 Å². The lowest BCUT2D eigenvalue weighted by Gasteiger charge is -1.99. The zero-order valence-electron chi connectivity index (χ0n) is 7.06. The van der Waals surface area contributed by atoms with Gasteiger partial charge in [-0.2, -0.15) is 4.57 Å². The molecular formula is C8H10NO4+. The van der Waals surface area contributed by atoms with E-state index in [2.05, 4.69) is 0 Å². The molecule has 1 aromatic heterocycles. The Kier molecular flexibility index (Phi) is 2.36. The zero-order valence-corrected chi connectivity index (χ0v) is 7.06. The van der Waals surface area contributed by atoms with E-state index in [1.165, 1.54) is 6.07 Å². The fourth-order valence-electron chi connectivity index (χ4n) is 1.04. The molecule has 0 aliphatic rings. The highest BCUT2D eigenvalue weighted by Crippen LogP contribution is 2.15. The first-order valence-electron chi connectivity index (χ1n) is 3.64. The summed E-state index contributed by atoms with van der Waals surface area (Å²) in [4.78, 5) is 10.3. The number of aryl methyl sites for hydroxylation is 1. The van der Waals surface area contributed by atoms with E-state index >= 15 is 0 Å². The molecular weight excluding hydrogens is 174 g/mol. The van der Waals surface area contributed by atoms with Crippen LogP contribution in [0.25, 0.3) is 0 Å². The molecule has 70 valence electrons. The number of aromatic nitrogens is 1. The standard InChI is InChI=1S/C8H9NO4/c1-5-2-6(10)3-9(8(5)13)4-7(11)12/h2-3H,4H2,1H3,(H2,10,11,12)/p+1. The molecule has 5 nitrogen and oxygen atoms in total. The summed E-state index contributed by atoms with van der Waals surface area (Å²) in [7, 11) is 0. The minimum atomic E-state index is -1.08. The van der Waals surface area contributed by atoms with Gasteiger partial charge in [-0.15, -0.1) is 0 Å². The van der Waals surface area contributed by atoms with Crippen LogP contribution in [0.4, 0.5) is 0 Å². The molecule has 0 aliphatic carbocycles. The summed E-state index contributed by atoms with van der Waals surface area (Å²) in [5.41, 5.74) is 0.432. The summed E-state index contributed by atoms with van der Waals surface area (Å²) in [5, 5.41) is 26.9. The Morgan fingerprint density at radius 2 is 2.15 bits per heavy atom. The third-order valence-corrected chi connectivity index (χ3v) is 1.58. The lowest BCUT2D eigenvalue weighted by Crippen LogP contribution is -2.38. The van der Waals surface area contributed by atoms with Crippen molar-refractivity contribution in [1.82, 2.24) is 0 Å². The lowest BCUT2D eigenvalue weighted by molar-refractivity contribution is -0.692. The van der Waals surface area contributed by atoms with Crippen molar-refractivity contribution in [2.75, 3.05) is 0 Å². The number of carbonyl (C=O) groups is 1. The van der Waals surface area contributed by atoms with Gasteiger partial charge in [0, 0.05) is 0 Å². The molecule has 0 saturated carbocycles. The minimum absolute atomic E-state index is 0.0726. The van der Waals surface area contributed by atoms with Crippen molar-refractivity contribution in [3.8, 4) is 11.6 Å². The molecule has 0 radical (unpaired) electrons. The van der Waals surface area contributed by atoms with Crippen molar-refractivity contribution in [2.45, 2.75) is 13.5 Å². The van der Waals surface area contributed by atoms with E-state index in [1.54, 1.807) is 6.92 Å². The van der Waals surface area contributed by atoms with Gasteiger partial charge in [-0.05, 0) is 13.0 Å². The van der Waals surface area contributed by atoms with Gasteiger partial charge in [0.25, 0.3) is 0 Å².